The van der Waals surface area contributed by atoms with Gasteiger partial charge in [0.2, 0.25) is 0 Å². The molecule has 0 amide bonds. The van der Waals surface area contributed by atoms with Crippen LogP contribution in [0.25, 0.3) is 0 Å². The van der Waals surface area contributed by atoms with Crippen LogP contribution < -0.4 is 0 Å². The number of esters is 1. The highest BCUT2D eigenvalue weighted by molar-refractivity contribution is 5.83. The van der Waals surface area contributed by atoms with Crippen molar-refractivity contribution in [2.45, 2.75) is 217 Å². The van der Waals surface area contributed by atoms with E-state index in [9.17, 15) is 19.8 Å². The summed E-state index contributed by atoms with van der Waals surface area (Å²) in [6, 6.07) is 0. The summed E-state index contributed by atoms with van der Waals surface area (Å²) in [6.45, 7) is 3.79. The molecular weight excluding hydrogens is 556 g/mol. The van der Waals surface area contributed by atoms with Gasteiger partial charge in [0.25, 0.3) is 0 Å². The Bertz CT molecular complexity index is 788. The van der Waals surface area contributed by atoms with Crippen molar-refractivity contribution in [3.8, 4) is 0 Å². The number of rotatable bonds is 25. The summed E-state index contributed by atoms with van der Waals surface area (Å²) >= 11 is 0. The second-order valence-electron chi connectivity index (χ2n) is 14.3. The average Bonchev–Trinajstić information content (AvgIpc) is 3.75. The van der Waals surface area contributed by atoms with E-state index in [1.165, 1.54) is 77.6 Å². The van der Waals surface area contributed by atoms with E-state index >= 15 is 0 Å². The third-order valence-corrected chi connectivity index (χ3v) is 10.3. The number of ether oxygens (including phenoxy) is 3. The van der Waals surface area contributed by atoms with Gasteiger partial charge in [0.15, 0.2) is 0 Å². The maximum Gasteiger partial charge on any atom is 0.309 e. The van der Waals surface area contributed by atoms with E-state index in [1.807, 2.05) is 0 Å². The van der Waals surface area contributed by atoms with Crippen molar-refractivity contribution >= 4 is 11.8 Å². The SMILES string of the molecule is CCCCCCCCCC[C@@H](O)[C@@H]1CC[C@H]([C@H]2CC[C@@H]([C@@H](O)CCCCCCCCCC[C@@H]3C[C@H](CC(C)=O)C(=O)O3)O2)O1. The maximum absolute atomic E-state index is 11.9. The predicted molar refractivity (Wildman–Crippen MR) is 174 cm³/mol. The topological polar surface area (TPSA) is 102 Å². The van der Waals surface area contributed by atoms with Crippen molar-refractivity contribution in [2.75, 3.05) is 0 Å². The van der Waals surface area contributed by atoms with Crippen molar-refractivity contribution in [1.82, 2.24) is 0 Å². The molecule has 0 aromatic rings. The fraction of sp³-hybridized carbons (Fsp3) is 0.946. The lowest BCUT2D eigenvalue weighted by molar-refractivity contribution is -0.145. The second kappa shape index (κ2) is 21.7. The Hall–Kier alpha value is -1.02. The molecule has 7 nitrogen and oxygen atoms in total. The average molecular weight is 623 g/mol. The molecule has 0 saturated carbocycles. The minimum absolute atomic E-state index is 0.00211. The minimum Gasteiger partial charge on any atom is -0.462 e. The van der Waals surface area contributed by atoms with E-state index in [0.717, 1.165) is 77.0 Å². The van der Waals surface area contributed by atoms with Crippen molar-refractivity contribution in [2.24, 2.45) is 5.92 Å². The maximum atomic E-state index is 11.9. The highest BCUT2D eigenvalue weighted by Gasteiger charge is 2.40. The molecule has 256 valence electrons. The van der Waals surface area contributed by atoms with Gasteiger partial charge in [-0.15, -0.1) is 0 Å². The number of cyclic esters (lactones) is 1. The molecule has 0 unspecified atom stereocenters. The number of aliphatic hydroxyl groups excluding tert-OH is 2. The van der Waals surface area contributed by atoms with E-state index in [0.29, 0.717) is 12.8 Å². The van der Waals surface area contributed by atoms with Crippen LogP contribution in [0, 0.1) is 5.92 Å². The zero-order valence-electron chi connectivity index (χ0n) is 28.2. The van der Waals surface area contributed by atoms with Crippen molar-refractivity contribution in [3.63, 3.8) is 0 Å². The Morgan fingerprint density at radius 2 is 1.16 bits per heavy atom. The number of ketones is 1. The van der Waals surface area contributed by atoms with E-state index in [1.54, 1.807) is 0 Å². The number of unbranched alkanes of at least 4 members (excludes halogenated alkanes) is 14. The Balaban J connectivity index is 1.13. The molecular formula is C37H66O7. The molecule has 2 N–H and O–H groups in total. The van der Waals surface area contributed by atoms with Gasteiger partial charge in [-0.3, -0.25) is 4.79 Å². The fourth-order valence-electron chi connectivity index (χ4n) is 7.55. The lowest BCUT2D eigenvalue weighted by atomic mass is 9.96. The molecule has 0 spiro atoms. The summed E-state index contributed by atoms with van der Waals surface area (Å²) in [5.41, 5.74) is 0. The third-order valence-electron chi connectivity index (χ3n) is 10.3. The Morgan fingerprint density at radius 3 is 1.64 bits per heavy atom. The summed E-state index contributed by atoms with van der Waals surface area (Å²) in [5, 5.41) is 21.4. The number of Topliss-reactive ketones (excluding diaryl/α,β-unsaturated/α-hetero) is 1. The molecule has 3 saturated heterocycles. The summed E-state index contributed by atoms with van der Waals surface area (Å²) in [6.07, 6.45) is 26.0. The molecule has 3 heterocycles. The number of carbonyl (C=O) groups excluding carboxylic acids is 2. The number of carbonyl (C=O) groups is 2. The Kier molecular flexibility index (Phi) is 18.5. The summed E-state index contributed by atoms with van der Waals surface area (Å²) in [7, 11) is 0. The van der Waals surface area contributed by atoms with Gasteiger partial charge in [0.05, 0.1) is 42.5 Å². The molecule has 0 aromatic carbocycles. The molecule has 3 rings (SSSR count). The lowest BCUT2D eigenvalue weighted by Gasteiger charge is -2.24. The zero-order valence-corrected chi connectivity index (χ0v) is 28.2. The van der Waals surface area contributed by atoms with E-state index in [4.69, 9.17) is 14.2 Å². The van der Waals surface area contributed by atoms with Crippen LogP contribution in [-0.2, 0) is 23.8 Å². The van der Waals surface area contributed by atoms with E-state index in [-0.39, 0.29) is 54.3 Å². The molecule has 3 aliphatic rings. The number of hydrogen-bond donors (Lipinski definition) is 2. The van der Waals surface area contributed by atoms with Gasteiger partial charge in [-0.1, -0.05) is 103 Å². The van der Waals surface area contributed by atoms with Crippen LogP contribution in [0.15, 0.2) is 0 Å². The first kappa shape index (κ1) is 37.4. The van der Waals surface area contributed by atoms with Crippen LogP contribution in [0.5, 0.6) is 0 Å². The van der Waals surface area contributed by atoms with Crippen LogP contribution in [0.2, 0.25) is 0 Å². The summed E-state index contributed by atoms with van der Waals surface area (Å²) < 4.78 is 18.0. The van der Waals surface area contributed by atoms with Crippen LogP contribution in [0.3, 0.4) is 0 Å². The first-order valence-electron chi connectivity index (χ1n) is 18.7. The molecule has 7 heteroatoms. The van der Waals surface area contributed by atoms with Crippen LogP contribution in [0.4, 0.5) is 0 Å². The van der Waals surface area contributed by atoms with Gasteiger partial charge in [-0.25, -0.2) is 0 Å². The van der Waals surface area contributed by atoms with Gasteiger partial charge in [0, 0.05) is 6.42 Å². The van der Waals surface area contributed by atoms with Crippen molar-refractivity contribution in [1.29, 1.82) is 0 Å². The van der Waals surface area contributed by atoms with Crippen molar-refractivity contribution in [3.05, 3.63) is 0 Å². The molecule has 0 bridgehead atoms. The first-order chi connectivity index (χ1) is 21.4. The van der Waals surface area contributed by atoms with Crippen LogP contribution in [-0.4, -0.2) is 64.7 Å². The van der Waals surface area contributed by atoms with Crippen molar-refractivity contribution < 1.29 is 34.0 Å². The van der Waals surface area contributed by atoms with Gasteiger partial charge < -0.3 is 29.2 Å². The van der Waals surface area contributed by atoms with Gasteiger partial charge in [0.1, 0.15) is 11.9 Å². The largest absolute Gasteiger partial charge is 0.462 e. The minimum atomic E-state index is -0.399. The van der Waals surface area contributed by atoms with Gasteiger partial charge in [-0.05, 0) is 64.7 Å². The first-order valence-corrected chi connectivity index (χ1v) is 18.7. The van der Waals surface area contributed by atoms with Gasteiger partial charge >= 0.3 is 5.97 Å². The number of hydrogen-bond acceptors (Lipinski definition) is 7. The van der Waals surface area contributed by atoms with Crippen LogP contribution in [0.1, 0.15) is 174 Å². The fourth-order valence-corrected chi connectivity index (χ4v) is 7.55. The Labute approximate surface area is 268 Å². The molecule has 0 radical (unpaired) electrons. The second-order valence-corrected chi connectivity index (χ2v) is 14.3. The summed E-state index contributed by atoms with van der Waals surface area (Å²) in [4.78, 5) is 23.1. The lowest BCUT2D eigenvalue weighted by Crippen LogP contribution is -2.33. The highest BCUT2D eigenvalue weighted by atomic mass is 16.6. The molecule has 0 aliphatic carbocycles. The monoisotopic (exact) mass is 622 g/mol. The zero-order chi connectivity index (χ0) is 31.6. The molecule has 0 aromatic heterocycles. The predicted octanol–water partition coefficient (Wildman–Crippen LogP) is 8.15. The Morgan fingerprint density at radius 1 is 0.705 bits per heavy atom. The van der Waals surface area contributed by atoms with E-state index < -0.39 is 6.10 Å². The normalized spacial score (nSPS) is 28.4. The highest BCUT2D eigenvalue weighted by Crippen LogP contribution is 2.35. The standard InChI is InChI=1S/C37H66O7/c1-3-4-5-6-7-11-14-17-20-31(39)33-22-24-35(43-33)36-25-23-34(44-36)32(40)21-18-15-12-9-8-10-13-16-19-30-27-29(26-28(2)38)37(41)42-30/h29-36,39-40H,3-27H2,1-2H3/t29-,30+,31+,32-,33-,34-,35+,36+/m0/s1. The molecule has 3 fully saturated rings. The summed E-state index contributed by atoms with van der Waals surface area (Å²) in [5.74, 6) is -0.348. The molecule has 8 atom stereocenters. The molecule has 44 heavy (non-hydrogen) atoms. The quantitative estimate of drug-likeness (QED) is 0.0782. The van der Waals surface area contributed by atoms with E-state index in [2.05, 4.69) is 6.92 Å². The third kappa shape index (κ3) is 14.2. The number of aliphatic hydroxyl groups is 2. The van der Waals surface area contributed by atoms with Crippen LogP contribution >= 0.6 is 0 Å². The molecule has 3 aliphatic heterocycles. The van der Waals surface area contributed by atoms with Gasteiger partial charge in [-0.2, -0.15) is 0 Å². The smallest absolute Gasteiger partial charge is 0.309 e.